The van der Waals surface area contributed by atoms with Crippen LogP contribution in [-0.4, -0.2) is 28.0 Å². The summed E-state index contributed by atoms with van der Waals surface area (Å²) >= 11 is 2.99. The van der Waals surface area contributed by atoms with Crippen LogP contribution in [0.2, 0.25) is 0 Å². The number of hydrogen-bond acceptors (Lipinski definition) is 6. The Hall–Kier alpha value is -2.84. The third-order valence-electron chi connectivity index (χ3n) is 6.05. The first-order valence-electron chi connectivity index (χ1n) is 10.7. The number of carbonyl (C=O) groups excluding carboxylic acids is 1. The number of aryl methyl sites for hydroxylation is 1. The summed E-state index contributed by atoms with van der Waals surface area (Å²) in [5.41, 5.74) is 4.89. The Kier molecular flexibility index (Phi) is 6.50. The third-order valence-corrected chi connectivity index (χ3v) is 7.78. The maximum atomic E-state index is 13.7. The van der Waals surface area contributed by atoms with Gasteiger partial charge in [-0.25, -0.2) is 9.79 Å². The first-order valence-corrected chi connectivity index (χ1v) is 12.8. The van der Waals surface area contributed by atoms with Gasteiger partial charge in [0.05, 0.1) is 28.5 Å². The molecule has 2 aromatic heterocycles. The van der Waals surface area contributed by atoms with Gasteiger partial charge in [-0.3, -0.25) is 9.36 Å². The van der Waals surface area contributed by atoms with Crippen LogP contribution in [0.25, 0.3) is 6.08 Å². The third kappa shape index (κ3) is 4.13. The second kappa shape index (κ2) is 9.19. The van der Waals surface area contributed by atoms with Gasteiger partial charge in [0.25, 0.3) is 5.56 Å². The zero-order valence-corrected chi connectivity index (χ0v) is 21.3. The molecule has 0 saturated heterocycles. The lowest BCUT2D eigenvalue weighted by Gasteiger charge is -2.24. The fourth-order valence-electron chi connectivity index (χ4n) is 4.06. The lowest BCUT2D eigenvalue weighted by Crippen LogP contribution is -2.39. The van der Waals surface area contributed by atoms with E-state index in [1.54, 1.807) is 30.2 Å². The predicted molar refractivity (Wildman–Crippen MR) is 134 cm³/mol. The van der Waals surface area contributed by atoms with E-state index in [0.29, 0.717) is 20.6 Å². The largest absolute Gasteiger partial charge is 0.463 e. The van der Waals surface area contributed by atoms with Crippen molar-refractivity contribution < 1.29 is 9.53 Å². The number of hydrogen-bond donors (Lipinski definition) is 0. The molecule has 0 radical (unpaired) electrons. The topological polar surface area (TPSA) is 65.6 Å². The molecule has 0 saturated carbocycles. The summed E-state index contributed by atoms with van der Waals surface area (Å²) in [7, 11) is 2.01. The summed E-state index contributed by atoms with van der Waals surface area (Å²) in [4.78, 5) is 32.9. The molecule has 1 aromatic carbocycles. The molecule has 0 spiro atoms. The summed E-state index contributed by atoms with van der Waals surface area (Å²) in [6.07, 6.45) is 3.93. The Balaban J connectivity index is 1.96. The first kappa shape index (κ1) is 23.3. The fraction of sp³-hybridized carbons (Fsp3) is 0.320. The average molecular weight is 482 g/mol. The first-order chi connectivity index (χ1) is 15.8. The summed E-state index contributed by atoms with van der Waals surface area (Å²) in [6, 6.07) is 9.43. The van der Waals surface area contributed by atoms with Crippen molar-refractivity contribution in [2.45, 2.75) is 38.6 Å². The van der Waals surface area contributed by atoms with E-state index in [4.69, 9.17) is 4.74 Å². The molecule has 3 heterocycles. The van der Waals surface area contributed by atoms with E-state index in [1.165, 1.54) is 11.3 Å². The van der Waals surface area contributed by atoms with Crippen molar-refractivity contribution >= 4 is 35.1 Å². The van der Waals surface area contributed by atoms with Crippen molar-refractivity contribution in [2.75, 3.05) is 12.9 Å². The van der Waals surface area contributed by atoms with Gasteiger partial charge in [0.2, 0.25) is 0 Å². The van der Waals surface area contributed by atoms with Gasteiger partial charge >= 0.3 is 5.97 Å². The lowest BCUT2D eigenvalue weighted by molar-refractivity contribution is -0.139. The van der Waals surface area contributed by atoms with Crippen molar-refractivity contribution in [3.8, 4) is 0 Å². The molecule has 8 heteroatoms. The highest BCUT2D eigenvalue weighted by Gasteiger charge is 2.33. The van der Waals surface area contributed by atoms with Crippen molar-refractivity contribution in [3.63, 3.8) is 0 Å². The number of aromatic nitrogens is 2. The second-order valence-corrected chi connectivity index (χ2v) is 9.85. The smallest absolute Gasteiger partial charge is 0.338 e. The van der Waals surface area contributed by atoms with E-state index in [0.717, 1.165) is 27.4 Å². The quantitative estimate of drug-likeness (QED) is 0.413. The van der Waals surface area contributed by atoms with Crippen LogP contribution in [0.3, 0.4) is 0 Å². The zero-order valence-electron chi connectivity index (χ0n) is 19.6. The number of esters is 1. The van der Waals surface area contributed by atoms with Crippen molar-refractivity contribution in [1.29, 1.82) is 0 Å². The Morgan fingerprint density at radius 1 is 1.24 bits per heavy atom. The number of ether oxygens (including phenoxy) is 1. The molecule has 172 valence electrons. The molecule has 1 aliphatic rings. The molecule has 33 heavy (non-hydrogen) atoms. The van der Waals surface area contributed by atoms with Crippen LogP contribution in [0.4, 0.5) is 0 Å². The molecule has 0 unspecified atom stereocenters. The number of fused-ring (bicyclic) bond motifs is 1. The molecule has 0 N–H and O–H groups in total. The van der Waals surface area contributed by atoms with Crippen LogP contribution in [0.1, 0.15) is 42.4 Å². The molecular formula is C25H27N3O3S2. The Morgan fingerprint density at radius 3 is 2.52 bits per heavy atom. The van der Waals surface area contributed by atoms with E-state index in [9.17, 15) is 9.59 Å². The standard InChI is InChI=1S/C25H27N3O3S2/c1-7-31-24(30)21-15(3)26-25-28(22(21)17-8-10-19(32-6)11-9-17)23(29)20(33-25)13-18-12-14(2)27(5)16(18)4/h8-13,22H,7H2,1-6H3/t22-/m1/s1. The highest BCUT2D eigenvalue weighted by atomic mass is 32.2. The molecule has 6 nitrogen and oxygen atoms in total. The molecule has 4 rings (SSSR count). The van der Waals surface area contributed by atoms with Crippen LogP contribution in [-0.2, 0) is 16.6 Å². The highest BCUT2D eigenvalue weighted by Crippen LogP contribution is 2.31. The Morgan fingerprint density at radius 2 is 1.94 bits per heavy atom. The van der Waals surface area contributed by atoms with Gasteiger partial charge < -0.3 is 9.30 Å². The Labute approximate surface area is 200 Å². The monoisotopic (exact) mass is 481 g/mol. The van der Waals surface area contributed by atoms with Crippen molar-refractivity contribution in [3.05, 3.63) is 83.8 Å². The molecule has 3 aromatic rings. The van der Waals surface area contributed by atoms with Gasteiger partial charge in [-0.1, -0.05) is 23.5 Å². The van der Waals surface area contributed by atoms with E-state index in [-0.39, 0.29) is 12.2 Å². The average Bonchev–Trinajstić information content (AvgIpc) is 3.23. The summed E-state index contributed by atoms with van der Waals surface area (Å²) in [6.45, 7) is 7.91. The van der Waals surface area contributed by atoms with E-state index in [2.05, 4.69) is 15.6 Å². The van der Waals surface area contributed by atoms with Gasteiger partial charge in [-0.2, -0.15) is 0 Å². The second-order valence-electron chi connectivity index (χ2n) is 7.96. The number of benzene rings is 1. The van der Waals surface area contributed by atoms with Gasteiger partial charge in [0.1, 0.15) is 0 Å². The number of thioether (sulfide) groups is 1. The van der Waals surface area contributed by atoms with Crippen LogP contribution < -0.4 is 14.9 Å². The zero-order chi connectivity index (χ0) is 23.9. The van der Waals surface area contributed by atoms with Gasteiger partial charge in [-0.15, -0.1) is 11.8 Å². The number of rotatable bonds is 5. The minimum Gasteiger partial charge on any atom is -0.463 e. The number of nitrogens with zero attached hydrogens (tertiary/aromatic N) is 3. The summed E-state index contributed by atoms with van der Waals surface area (Å²) < 4.78 is 9.68. The number of thiazole rings is 1. The Bertz CT molecular complexity index is 1440. The summed E-state index contributed by atoms with van der Waals surface area (Å²) in [5, 5.41) is 0. The summed E-state index contributed by atoms with van der Waals surface area (Å²) in [5.74, 6) is -0.443. The molecule has 1 aliphatic heterocycles. The minimum absolute atomic E-state index is 0.159. The molecule has 0 amide bonds. The fourth-order valence-corrected chi connectivity index (χ4v) is 5.51. The normalized spacial score (nSPS) is 16.1. The maximum absolute atomic E-state index is 13.7. The van der Waals surface area contributed by atoms with E-state index in [1.807, 2.05) is 57.5 Å². The molecule has 0 fully saturated rings. The van der Waals surface area contributed by atoms with Gasteiger partial charge in [0.15, 0.2) is 4.80 Å². The van der Waals surface area contributed by atoms with E-state index < -0.39 is 12.0 Å². The minimum atomic E-state index is -0.586. The number of carbonyl (C=O) groups is 1. The van der Waals surface area contributed by atoms with Crippen LogP contribution >= 0.6 is 23.1 Å². The molecular weight excluding hydrogens is 454 g/mol. The maximum Gasteiger partial charge on any atom is 0.338 e. The van der Waals surface area contributed by atoms with Gasteiger partial charge in [-0.05, 0) is 69.4 Å². The number of allylic oxidation sites excluding steroid dienone is 1. The molecule has 0 aliphatic carbocycles. The van der Waals surface area contributed by atoms with Crippen LogP contribution in [0.15, 0.2) is 56.3 Å². The lowest BCUT2D eigenvalue weighted by atomic mass is 9.96. The molecule has 0 bridgehead atoms. The SMILES string of the molecule is CCOC(=O)C1=C(C)N=c2sc(=Cc3cc(C)n(C)c3C)c(=O)n2[C@@H]1c1ccc(SC)cc1. The highest BCUT2D eigenvalue weighted by molar-refractivity contribution is 7.98. The van der Waals surface area contributed by atoms with Crippen LogP contribution in [0.5, 0.6) is 0 Å². The molecule has 1 atom stereocenters. The van der Waals surface area contributed by atoms with Crippen molar-refractivity contribution in [1.82, 2.24) is 9.13 Å². The van der Waals surface area contributed by atoms with Crippen LogP contribution in [0, 0.1) is 13.8 Å². The van der Waals surface area contributed by atoms with Gasteiger partial charge in [0, 0.05) is 23.3 Å². The van der Waals surface area contributed by atoms with E-state index >= 15 is 0 Å². The predicted octanol–water partition coefficient (Wildman–Crippen LogP) is 3.48. The van der Waals surface area contributed by atoms with Crippen molar-refractivity contribution in [2.24, 2.45) is 12.0 Å².